The molecule has 1 aliphatic carbocycles. The Morgan fingerprint density at radius 3 is 2.15 bits per heavy atom. The molecule has 0 aliphatic heterocycles. The summed E-state index contributed by atoms with van der Waals surface area (Å²) in [6, 6.07) is 8.52. The molecule has 1 amide bonds. The van der Waals surface area contributed by atoms with Crippen LogP contribution in [0.2, 0.25) is 0 Å². The molecule has 110 valence electrons. The fourth-order valence-corrected chi connectivity index (χ4v) is 3.01. The summed E-state index contributed by atoms with van der Waals surface area (Å²) < 4.78 is 0. The minimum Gasteiger partial charge on any atom is -0.339 e. The monoisotopic (exact) mass is 273 g/mol. The van der Waals surface area contributed by atoms with Crippen LogP contribution in [0.1, 0.15) is 68.3 Å². The molecule has 0 N–H and O–H groups in total. The first-order chi connectivity index (χ1) is 9.49. The average Bonchev–Trinajstić information content (AvgIpc) is 2.46. The quantitative estimate of drug-likeness (QED) is 0.796. The Balaban J connectivity index is 2.02. The van der Waals surface area contributed by atoms with Gasteiger partial charge in [0.25, 0.3) is 5.91 Å². The van der Waals surface area contributed by atoms with Crippen LogP contribution in [0.25, 0.3) is 0 Å². The number of hydrogen-bond donors (Lipinski definition) is 0. The molecule has 0 saturated heterocycles. The van der Waals surface area contributed by atoms with E-state index in [2.05, 4.69) is 32.9 Å². The summed E-state index contributed by atoms with van der Waals surface area (Å²) in [4.78, 5) is 14.5. The molecule has 0 heterocycles. The molecule has 1 aromatic carbocycles. The lowest BCUT2D eigenvalue weighted by Crippen LogP contribution is -2.39. The summed E-state index contributed by atoms with van der Waals surface area (Å²) in [6.07, 6.45) is 4.78. The third kappa shape index (κ3) is 3.41. The molecular weight excluding hydrogens is 246 g/mol. The van der Waals surface area contributed by atoms with Crippen molar-refractivity contribution in [3.8, 4) is 0 Å². The molecule has 20 heavy (non-hydrogen) atoms. The van der Waals surface area contributed by atoms with E-state index in [4.69, 9.17) is 0 Å². The molecule has 1 fully saturated rings. The third-order valence-electron chi connectivity index (χ3n) is 4.68. The lowest BCUT2D eigenvalue weighted by atomic mass is 9.86. The van der Waals surface area contributed by atoms with Gasteiger partial charge in [0, 0.05) is 18.7 Å². The fraction of sp³-hybridized carbons (Fsp3) is 0.611. The van der Waals surface area contributed by atoms with E-state index in [0.29, 0.717) is 12.0 Å². The van der Waals surface area contributed by atoms with Gasteiger partial charge in [-0.15, -0.1) is 0 Å². The predicted molar refractivity (Wildman–Crippen MR) is 84.0 cm³/mol. The minimum atomic E-state index is 0.167. The summed E-state index contributed by atoms with van der Waals surface area (Å²) >= 11 is 0. The van der Waals surface area contributed by atoms with Gasteiger partial charge in [0.15, 0.2) is 0 Å². The number of carbonyl (C=O) groups is 1. The van der Waals surface area contributed by atoms with E-state index in [-0.39, 0.29) is 5.91 Å². The van der Waals surface area contributed by atoms with Gasteiger partial charge < -0.3 is 4.90 Å². The minimum absolute atomic E-state index is 0.167. The standard InChI is InChI=1S/C18H27NO/c1-13(2)15-7-9-16(10-8-15)18(20)19(4)17-11-5-14(3)6-12-17/h7-10,13-14,17H,5-6,11-12H2,1-4H3. The SMILES string of the molecule is CC1CCC(N(C)C(=O)c2ccc(C(C)C)cc2)CC1. The molecule has 2 rings (SSSR count). The van der Waals surface area contributed by atoms with Crippen LogP contribution in [0.5, 0.6) is 0 Å². The average molecular weight is 273 g/mol. The molecule has 1 aliphatic rings. The van der Waals surface area contributed by atoms with Crippen molar-refractivity contribution in [1.82, 2.24) is 4.90 Å². The highest BCUT2D eigenvalue weighted by atomic mass is 16.2. The Bertz CT molecular complexity index is 441. The van der Waals surface area contributed by atoms with Crippen LogP contribution in [0.3, 0.4) is 0 Å². The normalized spacial score (nSPS) is 22.9. The van der Waals surface area contributed by atoms with E-state index < -0.39 is 0 Å². The summed E-state index contributed by atoms with van der Waals surface area (Å²) in [6.45, 7) is 6.65. The molecule has 0 atom stereocenters. The molecular formula is C18H27NO. The Kier molecular flexibility index (Phi) is 4.85. The van der Waals surface area contributed by atoms with Crippen LogP contribution in [-0.2, 0) is 0 Å². The Morgan fingerprint density at radius 2 is 1.65 bits per heavy atom. The van der Waals surface area contributed by atoms with Crippen molar-refractivity contribution in [3.63, 3.8) is 0 Å². The molecule has 0 aromatic heterocycles. The number of hydrogen-bond acceptors (Lipinski definition) is 1. The van der Waals surface area contributed by atoms with Crippen molar-refractivity contribution in [3.05, 3.63) is 35.4 Å². The Labute approximate surface area is 123 Å². The van der Waals surface area contributed by atoms with Gasteiger partial charge in [0.2, 0.25) is 0 Å². The first kappa shape index (κ1) is 15.1. The van der Waals surface area contributed by atoms with E-state index in [0.717, 1.165) is 24.3 Å². The molecule has 1 aromatic rings. The maximum atomic E-state index is 12.5. The number of amides is 1. The second-order valence-corrected chi connectivity index (χ2v) is 6.61. The van der Waals surface area contributed by atoms with Crippen LogP contribution in [0.15, 0.2) is 24.3 Å². The molecule has 0 bridgehead atoms. The maximum absolute atomic E-state index is 12.5. The van der Waals surface area contributed by atoms with Crippen molar-refractivity contribution in [2.75, 3.05) is 7.05 Å². The fourth-order valence-electron chi connectivity index (χ4n) is 3.01. The number of benzene rings is 1. The van der Waals surface area contributed by atoms with Gasteiger partial charge in [-0.25, -0.2) is 0 Å². The van der Waals surface area contributed by atoms with Crippen LogP contribution in [0.4, 0.5) is 0 Å². The first-order valence-electron chi connectivity index (χ1n) is 7.86. The zero-order chi connectivity index (χ0) is 14.7. The largest absolute Gasteiger partial charge is 0.339 e. The van der Waals surface area contributed by atoms with Crippen LogP contribution in [0, 0.1) is 5.92 Å². The lowest BCUT2D eigenvalue weighted by Gasteiger charge is -2.33. The predicted octanol–water partition coefficient (Wildman–Crippen LogP) is 4.46. The second kappa shape index (κ2) is 6.43. The van der Waals surface area contributed by atoms with Crippen molar-refractivity contribution in [2.24, 2.45) is 5.92 Å². The molecule has 0 unspecified atom stereocenters. The van der Waals surface area contributed by atoms with Crippen molar-refractivity contribution >= 4 is 5.91 Å². The van der Waals surface area contributed by atoms with Gasteiger partial charge in [-0.1, -0.05) is 32.9 Å². The third-order valence-corrected chi connectivity index (χ3v) is 4.68. The van der Waals surface area contributed by atoms with Gasteiger partial charge in [-0.2, -0.15) is 0 Å². The Hall–Kier alpha value is -1.31. The zero-order valence-electron chi connectivity index (χ0n) is 13.2. The van der Waals surface area contributed by atoms with Crippen molar-refractivity contribution in [2.45, 2.75) is 58.4 Å². The van der Waals surface area contributed by atoms with Crippen LogP contribution < -0.4 is 0 Å². The van der Waals surface area contributed by atoms with E-state index in [1.807, 2.05) is 24.1 Å². The molecule has 2 heteroatoms. The summed E-state index contributed by atoms with van der Waals surface area (Å²) in [5.74, 6) is 1.50. The molecule has 0 radical (unpaired) electrons. The van der Waals surface area contributed by atoms with Crippen LogP contribution in [-0.4, -0.2) is 23.9 Å². The highest BCUT2D eigenvalue weighted by Gasteiger charge is 2.25. The van der Waals surface area contributed by atoms with Gasteiger partial charge in [0.05, 0.1) is 0 Å². The second-order valence-electron chi connectivity index (χ2n) is 6.61. The van der Waals surface area contributed by atoms with E-state index in [1.165, 1.54) is 18.4 Å². The van der Waals surface area contributed by atoms with E-state index in [9.17, 15) is 4.79 Å². The topological polar surface area (TPSA) is 20.3 Å². The van der Waals surface area contributed by atoms with Crippen molar-refractivity contribution < 1.29 is 4.79 Å². The molecule has 0 spiro atoms. The van der Waals surface area contributed by atoms with Gasteiger partial charge in [-0.05, 0) is 55.2 Å². The highest BCUT2D eigenvalue weighted by Crippen LogP contribution is 2.27. The number of nitrogens with zero attached hydrogens (tertiary/aromatic N) is 1. The summed E-state index contributed by atoms with van der Waals surface area (Å²) in [5.41, 5.74) is 2.10. The maximum Gasteiger partial charge on any atom is 0.253 e. The first-order valence-corrected chi connectivity index (χ1v) is 7.86. The van der Waals surface area contributed by atoms with E-state index >= 15 is 0 Å². The molecule has 2 nitrogen and oxygen atoms in total. The molecule has 1 saturated carbocycles. The Morgan fingerprint density at radius 1 is 1.10 bits per heavy atom. The van der Waals surface area contributed by atoms with E-state index in [1.54, 1.807) is 0 Å². The number of carbonyl (C=O) groups excluding carboxylic acids is 1. The van der Waals surface area contributed by atoms with Gasteiger partial charge in [-0.3, -0.25) is 4.79 Å². The van der Waals surface area contributed by atoms with Crippen LogP contribution >= 0.6 is 0 Å². The number of rotatable bonds is 3. The zero-order valence-corrected chi connectivity index (χ0v) is 13.2. The summed E-state index contributed by atoms with van der Waals surface area (Å²) in [5, 5.41) is 0. The van der Waals surface area contributed by atoms with Crippen molar-refractivity contribution in [1.29, 1.82) is 0 Å². The lowest BCUT2D eigenvalue weighted by molar-refractivity contribution is 0.0679. The highest BCUT2D eigenvalue weighted by molar-refractivity contribution is 5.94. The van der Waals surface area contributed by atoms with Gasteiger partial charge in [0.1, 0.15) is 0 Å². The summed E-state index contributed by atoms with van der Waals surface area (Å²) in [7, 11) is 1.96. The smallest absolute Gasteiger partial charge is 0.253 e. The van der Waals surface area contributed by atoms with Gasteiger partial charge >= 0.3 is 0 Å².